The highest BCUT2D eigenvalue weighted by Gasteiger charge is 2.34. The number of sulfonamides is 1. The summed E-state index contributed by atoms with van der Waals surface area (Å²) >= 11 is 0. The average Bonchev–Trinajstić information content (AvgIpc) is 2.88. The van der Waals surface area contributed by atoms with E-state index in [4.69, 9.17) is 4.42 Å². The van der Waals surface area contributed by atoms with E-state index in [2.05, 4.69) is 5.32 Å². The molecule has 1 saturated heterocycles. The molecule has 0 saturated carbocycles. The Labute approximate surface area is 112 Å². The third-order valence-electron chi connectivity index (χ3n) is 3.20. The normalized spacial score (nSPS) is 21.2. The maximum atomic E-state index is 12.1. The molecule has 7 heteroatoms. The van der Waals surface area contributed by atoms with Crippen LogP contribution in [0.1, 0.15) is 25.0 Å². The number of furan rings is 1. The number of rotatable bonds is 4. The summed E-state index contributed by atoms with van der Waals surface area (Å²) in [5.41, 5.74) is 0. The molecule has 1 aromatic rings. The molecule has 19 heavy (non-hydrogen) atoms. The Balaban J connectivity index is 1.99. The van der Waals surface area contributed by atoms with E-state index in [1.165, 1.54) is 10.6 Å². The maximum Gasteiger partial charge on any atom is 0.238 e. The molecular formula is C12H18N2O4S. The van der Waals surface area contributed by atoms with Gasteiger partial charge in [-0.25, -0.2) is 8.42 Å². The van der Waals surface area contributed by atoms with Crippen molar-refractivity contribution in [2.45, 2.75) is 31.8 Å². The summed E-state index contributed by atoms with van der Waals surface area (Å²) in [6, 6.07) is 2.90. The van der Waals surface area contributed by atoms with Gasteiger partial charge in [-0.15, -0.1) is 0 Å². The molecule has 0 unspecified atom stereocenters. The van der Waals surface area contributed by atoms with Gasteiger partial charge < -0.3 is 9.73 Å². The molecule has 1 aliphatic rings. The molecule has 0 radical (unpaired) electrons. The van der Waals surface area contributed by atoms with Gasteiger partial charge in [0.2, 0.25) is 15.9 Å². The molecule has 1 fully saturated rings. The number of carbonyl (C=O) groups excluding carboxylic acids is 1. The number of hydrogen-bond donors (Lipinski definition) is 1. The molecule has 106 valence electrons. The molecule has 0 spiro atoms. The van der Waals surface area contributed by atoms with Gasteiger partial charge in [0, 0.05) is 6.54 Å². The van der Waals surface area contributed by atoms with Crippen molar-refractivity contribution in [3.8, 4) is 0 Å². The van der Waals surface area contributed by atoms with Crippen molar-refractivity contribution in [1.29, 1.82) is 0 Å². The minimum atomic E-state index is -3.34. The number of nitrogens with one attached hydrogen (secondary N) is 1. The van der Waals surface area contributed by atoms with Crippen LogP contribution in [0.3, 0.4) is 0 Å². The fraction of sp³-hybridized carbons (Fsp3) is 0.583. The molecule has 0 bridgehead atoms. The van der Waals surface area contributed by atoms with Crippen LogP contribution in [0.25, 0.3) is 0 Å². The molecular weight excluding hydrogens is 268 g/mol. The van der Waals surface area contributed by atoms with Gasteiger partial charge in [-0.2, -0.15) is 4.31 Å². The monoisotopic (exact) mass is 286 g/mol. The number of amides is 1. The highest BCUT2D eigenvalue weighted by molar-refractivity contribution is 7.88. The van der Waals surface area contributed by atoms with Crippen LogP contribution in [0.2, 0.25) is 0 Å². The summed E-state index contributed by atoms with van der Waals surface area (Å²) in [6.45, 7) is 0.692. The predicted octanol–water partition coefficient (Wildman–Crippen LogP) is 0.710. The molecule has 2 heterocycles. The molecule has 2 rings (SSSR count). The molecule has 1 aliphatic heterocycles. The van der Waals surface area contributed by atoms with Gasteiger partial charge in [0.25, 0.3) is 0 Å². The second kappa shape index (κ2) is 5.75. The van der Waals surface area contributed by atoms with Crippen LogP contribution in [0.15, 0.2) is 22.8 Å². The van der Waals surface area contributed by atoms with Gasteiger partial charge in [-0.3, -0.25) is 4.79 Å². The van der Waals surface area contributed by atoms with Crippen molar-refractivity contribution >= 4 is 15.9 Å². The Hall–Kier alpha value is -1.34. The number of nitrogens with zero attached hydrogens (tertiary/aromatic N) is 1. The fourth-order valence-electron chi connectivity index (χ4n) is 2.27. The molecule has 1 aromatic heterocycles. The third-order valence-corrected chi connectivity index (χ3v) is 4.49. The first-order valence-corrected chi connectivity index (χ1v) is 8.10. The Morgan fingerprint density at radius 2 is 2.32 bits per heavy atom. The highest BCUT2D eigenvalue weighted by Crippen LogP contribution is 2.20. The van der Waals surface area contributed by atoms with E-state index >= 15 is 0 Å². The first-order valence-electron chi connectivity index (χ1n) is 6.25. The summed E-state index contributed by atoms with van der Waals surface area (Å²) in [5.74, 6) is 0.386. The van der Waals surface area contributed by atoms with Gasteiger partial charge >= 0.3 is 0 Å². The van der Waals surface area contributed by atoms with Crippen LogP contribution in [-0.2, 0) is 21.4 Å². The zero-order chi connectivity index (χ0) is 13.9. The van der Waals surface area contributed by atoms with E-state index in [-0.39, 0.29) is 12.5 Å². The van der Waals surface area contributed by atoms with E-state index in [0.29, 0.717) is 18.7 Å². The zero-order valence-corrected chi connectivity index (χ0v) is 11.6. The van der Waals surface area contributed by atoms with E-state index in [1.54, 1.807) is 12.1 Å². The quantitative estimate of drug-likeness (QED) is 0.884. The smallest absolute Gasteiger partial charge is 0.238 e. The fourth-order valence-corrected chi connectivity index (χ4v) is 3.39. The standard InChI is InChI=1S/C12H18N2O4S/c1-19(16,17)14-7-3-2-6-11(14)12(15)13-9-10-5-4-8-18-10/h4-5,8,11H,2-3,6-7,9H2,1H3,(H,13,15)/t11-/m0/s1. The molecule has 1 N–H and O–H groups in total. The van der Waals surface area contributed by atoms with E-state index < -0.39 is 16.1 Å². The first-order chi connectivity index (χ1) is 8.98. The molecule has 6 nitrogen and oxygen atoms in total. The van der Waals surface area contributed by atoms with Crippen molar-refractivity contribution < 1.29 is 17.6 Å². The number of piperidine rings is 1. The summed E-state index contributed by atoms with van der Waals surface area (Å²) in [5, 5.41) is 2.72. The van der Waals surface area contributed by atoms with Crippen molar-refractivity contribution in [3.05, 3.63) is 24.2 Å². The second-order valence-electron chi connectivity index (χ2n) is 4.68. The molecule has 0 aliphatic carbocycles. The Kier molecular flexibility index (Phi) is 4.26. The van der Waals surface area contributed by atoms with Crippen LogP contribution in [0, 0.1) is 0 Å². The van der Waals surface area contributed by atoms with Gasteiger partial charge in [0.15, 0.2) is 0 Å². The maximum absolute atomic E-state index is 12.1. The Morgan fingerprint density at radius 3 is 2.95 bits per heavy atom. The molecule has 1 atom stereocenters. The predicted molar refractivity (Wildman–Crippen MR) is 69.7 cm³/mol. The minimum absolute atomic E-state index is 0.262. The summed E-state index contributed by atoms with van der Waals surface area (Å²) in [4.78, 5) is 12.1. The largest absolute Gasteiger partial charge is 0.467 e. The topological polar surface area (TPSA) is 79.6 Å². The second-order valence-corrected chi connectivity index (χ2v) is 6.62. The van der Waals surface area contributed by atoms with Crippen LogP contribution in [0.5, 0.6) is 0 Å². The third kappa shape index (κ3) is 3.57. The van der Waals surface area contributed by atoms with Gasteiger partial charge in [0.05, 0.1) is 19.1 Å². The van der Waals surface area contributed by atoms with Crippen molar-refractivity contribution in [1.82, 2.24) is 9.62 Å². The Bertz CT molecular complexity index is 524. The molecule has 1 amide bonds. The first kappa shape index (κ1) is 14.1. The van der Waals surface area contributed by atoms with E-state index in [9.17, 15) is 13.2 Å². The minimum Gasteiger partial charge on any atom is -0.467 e. The van der Waals surface area contributed by atoms with Crippen LogP contribution in [-0.4, -0.2) is 37.5 Å². The van der Waals surface area contributed by atoms with Crippen molar-refractivity contribution in [2.24, 2.45) is 0 Å². The van der Waals surface area contributed by atoms with Gasteiger partial charge in [-0.05, 0) is 25.0 Å². The van der Waals surface area contributed by atoms with Gasteiger partial charge in [0.1, 0.15) is 11.8 Å². The van der Waals surface area contributed by atoms with Gasteiger partial charge in [-0.1, -0.05) is 6.42 Å². The summed E-state index contributed by atoms with van der Waals surface area (Å²) in [6.07, 6.45) is 4.91. The summed E-state index contributed by atoms with van der Waals surface area (Å²) in [7, 11) is -3.34. The Morgan fingerprint density at radius 1 is 1.53 bits per heavy atom. The van der Waals surface area contributed by atoms with E-state index in [0.717, 1.165) is 19.1 Å². The number of hydrogen-bond acceptors (Lipinski definition) is 4. The average molecular weight is 286 g/mol. The van der Waals surface area contributed by atoms with Crippen molar-refractivity contribution in [2.75, 3.05) is 12.8 Å². The highest BCUT2D eigenvalue weighted by atomic mass is 32.2. The van der Waals surface area contributed by atoms with Crippen molar-refractivity contribution in [3.63, 3.8) is 0 Å². The molecule has 0 aromatic carbocycles. The zero-order valence-electron chi connectivity index (χ0n) is 10.8. The lowest BCUT2D eigenvalue weighted by Crippen LogP contribution is -2.51. The number of carbonyl (C=O) groups is 1. The summed E-state index contributed by atoms with van der Waals surface area (Å²) < 4.78 is 29.7. The lowest BCUT2D eigenvalue weighted by atomic mass is 10.0. The van der Waals surface area contributed by atoms with Crippen LogP contribution in [0.4, 0.5) is 0 Å². The van der Waals surface area contributed by atoms with Crippen LogP contribution < -0.4 is 5.32 Å². The van der Waals surface area contributed by atoms with Crippen LogP contribution >= 0.6 is 0 Å². The lowest BCUT2D eigenvalue weighted by molar-refractivity contribution is -0.125. The van der Waals surface area contributed by atoms with E-state index in [1.807, 2.05) is 0 Å². The lowest BCUT2D eigenvalue weighted by Gasteiger charge is -2.32. The SMILES string of the molecule is CS(=O)(=O)N1CCCC[C@H]1C(=O)NCc1ccco1.